The van der Waals surface area contributed by atoms with Crippen molar-refractivity contribution < 1.29 is 8.42 Å². The third-order valence-corrected chi connectivity index (χ3v) is 6.04. The van der Waals surface area contributed by atoms with Crippen LogP contribution in [0.3, 0.4) is 0 Å². The largest absolute Gasteiger partial charge is 0.308 e. The van der Waals surface area contributed by atoms with Gasteiger partial charge in [0.05, 0.1) is 16.5 Å². The zero-order valence-electron chi connectivity index (χ0n) is 15.5. The van der Waals surface area contributed by atoms with Crippen molar-refractivity contribution in [2.45, 2.75) is 24.8 Å². The van der Waals surface area contributed by atoms with Crippen LogP contribution in [0.25, 0.3) is 0 Å². The van der Waals surface area contributed by atoms with Gasteiger partial charge >= 0.3 is 0 Å². The van der Waals surface area contributed by atoms with Gasteiger partial charge in [-0.25, -0.2) is 8.42 Å². The molecule has 2 rings (SSSR count). The standard InChI is InChI=1S/C20H25N3O2S/c1-4-17-8-10-20(11-9-17)26(24,25)23(13-12-22(2)3)16-19-7-5-6-18(14-19)15-21/h5-11,14H,4,12-13,16H2,1-3H3. The Labute approximate surface area is 156 Å². The number of hydrogen-bond acceptors (Lipinski definition) is 4. The van der Waals surface area contributed by atoms with Crippen molar-refractivity contribution in [3.05, 3.63) is 65.2 Å². The van der Waals surface area contributed by atoms with Crippen LogP contribution in [0.2, 0.25) is 0 Å². The maximum absolute atomic E-state index is 13.1. The summed E-state index contributed by atoms with van der Waals surface area (Å²) in [5, 5.41) is 9.07. The van der Waals surface area contributed by atoms with Gasteiger partial charge in [0.25, 0.3) is 0 Å². The second-order valence-electron chi connectivity index (χ2n) is 6.45. The van der Waals surface area contributed by atoms with Crippen LogP contribution < -0.4 is 0 Å². The van der Waals surface area contributed by atoms with E-state index >= 15 is 0 Å². The molecule has 0 aliphatic carbocycles. The molecule has 138 valence electrons. The predicted octanol–water partition coefficient (Wildman–Crippen LogP) is 2.87. The van der Waals surface area contributed by atoms with E-state index in [9.17, 15) is 8.42 Å². The maximum Gasteiger partial charge on any atom is 0.243 e. The summed E-state index contributed by atoms with van der Waals surface area (Å²) in [4.78, 5) is 2.25. The Bertz CT molecular complexity index is 869. The number of likely N-dealkylation sites (N-methyl/N-ethyl adjacent to an activating group) is 1. The Morgan fingerprint density at radius 2 is 1.69 bits per heavy atom. The van der Waals surface area contributed by atoms with Gasteiger partial charge in [-0.15, -0.1) is 0 Å². The average molecular weight is 372 g/mol. The molecule has 0 saturated heterocycles. The highest BCUT2D eigenvalue weighted by Crippen LogP contribution is 2.20. The number of hydrogen-bond donors (Lipinski definition) is 0. The van der Waals surface area contributed by atoms with Crippen molar-refractivity contribution in [1.29, 1.82) is 5.26 Å². The molecule has 6 heteroatoms. The van der Waals surface area contributed by atoms with E-state index in [2.05, 4.69) is 6.07 Å². The molecule has 0 spiro atoms. The van der Waals surface area contributed by atoms with Gasteiger partial charge in [-0.3, -0.25) is 0 Å². The van der Waals surface area contributed by atoms with Crippen molar-refractivity contribution in [1.82, 2.24) is 9.21 Å². The van der Waals surface area contributed by atoms with Crippen LogP contribution in [0.4, 0.5) is 0 Å². The molecule has 0 heterocycles. The highest BCUT2D eigenvalue weighted by molar-refractivity contribution is 7.89. The number of sulfonamides is 1. The molecule has 0 atom stereocenters. The van der Waals surface area contributed by atoms with Crippen LogP contribution in [0.5, 0.6) is 0 Å². The lowest BCUT2D eigenvalue weighted by molar-refractivity contribution is 0.329. The molecular formula is C20H25N3O2S. The summed E-state index contributed by atoms with van der Waals surface area (Å²) >= 11 is 0. The Balaban J connectivity index is 2.33. The van der Waals surface area contributed by atoms with E-state index in [0.29, 0.717) is 23.5 Å². The maximum atomic E-state index is 13.1. The zero-order chi connectivity index (χ0) is 19.2. The third kappa shape index (κ3) is 5.15. The Hall–Kier alpha value is -2.20. The highest BCUT2D eigenvalue weighted by Gasteiger charge is 2.24. The van der Waals surface area contributed by atoms with E-state index in [1.807, 2.05) is 44.1 Å². The number of aryl methyl sites for hydroxylation is 1. The number of nitriles is 1. The van der Waals surface area contributed by atoms with Gasteiger partial charge in [-0.1, -0.05) is 31.2 Å². The van der Waals surface area contributed by atoms with Crippen LogP contribution in [0.1, 0.15) is 23.6 Å². The highest BCUT2D eigenvalue weighted by atomic mass is 32.2. The minimum Gasteiger partial charge on any atom is -0.308 e. The van der Waals surface area contributed by atoms with E-state index in [1.165, 1.54) is 4.31 Å². The molecule has 2 aromatic carbocycles. The molecule has 0 radical (unpaired) electrons. The topological polar surface area (TPSA) is 64.4 Å². The molecule has 0 saturated carbocycles. The van der Waals surface area contributed by atoms with Crippen molar-refractivity contribution >= 4 is 10.0 Å². The fourth-order valence-corrected chi connectivity index (χ4v) is 4.00. The Kier molecular flexibility index (Phi) is 6.92. The van der Waals surface area contributed by atoms with Crippen molar-refractivity contribution in [2.75, 3.05) is 27.2 Å². The third-order valence-electron chi connectivity index (χ3n) is 4.18. The van der Waals surface area contributed by atoms with Crippen LogP contribution >= 0.6 is 0 Å². The van der Waals surface area contributed by atoms with E-state index in [0.717, 1.165) is 17.5 Å². The van der Waals surface area contributed by atoms with Gasteiger partial charge in [0.15, 0.2) is 0 Å². The summed E-state index contributed by atoms with van der Waals surface area (Å²) in [6, 6.07) is 16.2. The molecule has 0 unspecified atom stereocenters. The smallest absolute Gasteiger partial charge is 0.243 e. The average Bonchev–Trinajstić information content (AvgIpc) is 2.65. The van der Waals surface area contributed by atoms with Gasteiger partial charge in [0, 0.05) is 19.6 Å². The zero-order valence-corrected chi connectivity index (χ0v) is 16.3. The summed E-state index contributed by atoms with van der Waals surface area (Å²) in [6.07, 6.45) is 0.867. The van der Waals surface area contributed by atoms with Crippen LogP contribution in [0, 0.1) is 11.3 Å². The minimum atomic E-state index is -3.62. The van der Waals surface area contributed by atoms with Gasteiger partial charge in [-0.2, -0.15) is 9.57 Å². The van der Waals surface area contributed by atoms with Crippen LogP contribution in [-0.4, -0.2) is 44.8 Å². The molecule has 0 aromatic heterocycles. The van der Waals surface area contributed by atoms with Crippen molar-refractivity contribution in [3.8, 4) is 6.07 Å². The molecule has 0 aliphatic heterocycles. The SMILES string of the molecule is CCc1ccc(S(=O)(=O)N(CCN(C)C)Cc2cccc(C#N)c2)cc1. The molecular weight excluding hydrogens is 346 g/mol. The summed E-state index contributed by atoms with van der Waals surface area (Å²) in [7, 11) is 0.212. The lowest BCUT2D eigenvalue weighted by Gasteiger charge is -2.24. The van der Waals surface area contributed by atoms with Crippen LogP contribution in [-0.2, 0) is 23.0 Å². The fraction of sp³-hybridized carbons (Fsp3) is 0.350. The van der Waals surface area contributed by atoms with Gasteiger partial charge in [-0.05, 0) is 55.9 Å². The fourth-order valence-electron chi connectivity index (χ4n) is 2.58. The van der Waals surface area contributed by atoms with Gasteiger partial charge in [0.2, 0.25) is 10.0 Å². The molecule has 26 heavy (non-hydrogen) atoms. The van der Waals surface area contributed by atoms with E-state index in [-0.39, 0.29) is 6.54 Å². The lowest BCUT2D eigenvalue weighted by Crippen LogP contribution is -2.36. The summed E-state index contributed by atoms with van der Waals surface area (Å²) < 4.78 is 27.8. The number of nitrogens with zero attached hydrogens (tertiary/aromatic N) is 3. The first kappa shape index (κ1) is 20.1. The second kappa shape index (κ2) is 8.95. The predicted molar refractivity (Wildman–Crippen MR) is 103 cm³/mol. The van der Waals surface area contributed by atoms with Gasteiger partial charge in [0.1, 0.15) is 0 Å². The normalized spacial score (nSPS) is 11.7. The van der Waals surface area contributed by atoms with E-state index < -0.39 is 10.0 Å². The van der Waals surface area contributed by atoms with Crippen LogP contribution in [0.15, 0.2) is 53.4 Å². The molecule has 0 N–H and O–H groups in total. The molecule has 0 amide bonds. The summed E-state index contributed by atoms with van der Waals surface area (Å²) in [6.45, 7) is 3.27. The lowest BCUT2D eigenvalue weighted by atomic mass is 10.1. The monoisotopic (exact) mass is 371 g/mol. The minimum absolute atomic E-state index is 0.237. The second-order valence-corrected chi connectivity index (χ2v) is 8.39. The molecule has 0 aliphatic rings. The number of benzene rings is 2. The molecule has 2 aromatic rings. The quantitative estimate of drug-likeness (QED) is 0.716. The summed E-state index contributed by atoms with van der Waals surface area (Å²) in [5.41, 5.74) is 2.43. The molecule has 0 bridgehead atoms. The Morgan fingerprint density at radius 1 is 1.00 bits per heavy atom. The molecule has 0 fully saturated rings. The van der Waals surface area contributed by atoms with E-state index in [1.54, 1.807) is 30.3 Å². The first-order valence-electron chi connectivity index (χ1n) is 8.59. The first-order chi connectivity index (χ1) is 12.4. The van der Waals surface area contributed by atoms with Crippen molar-refractivity contribution in [2.24, 2.45) is 0 Å². The molecule has 5 nitrogen and oxygen atoms in total. The van der Waals surface area contributed by atoms with Gasteiger partial charge < -0.3 is 4.90 Å². The van der Waals surface area contributed by atoms with Crippen molar-refractivity contribution in [3.63, 3.8) is 0 Å². The first-order valence-corrected chi connectivity index (χ1v) is 10.0. The summed E-state index contributed by atoms with van der Waals surface area (Å²) in [5.74, 6) is 0. The Morgan fingerprint density at radius 3 is 2.27 bits per heavy atom. The van der Waals surface area contributed by atoms with E-state index in [4.69, 9.17) is 5.26 Å². The number of rotatable bonds is 8.